The van der Waals surface area contributed by atoms with E-state index in [-0.39, 0.29) is 35.2 Å². The fourth-order valence-electron chi connectivity index (χ4n) is 4.09. The van der Waals surface area contributed by atoms with Gasteiger partial charge in [-0.25, -0.2) is 20.4 Å². The molecule has 0 bridgehead atoms. The molecule has 0 aliphatic carbocycles. The lowest BCUT2D eigenvalue weighted by molar-refractivity contribution is -0.384. The SMILES string of the molecule is Nc1ncnc2c1nc(N/N=C/c1ccccc1OCc1ccc([N+](=O)[O-])cc1)n2[C@H]1O[C@@H](CO)[C@H](O)[C@@H]1O. The second-order valence-electron chi connectivity index (χ2n) is 8.59. The molecule has 15 nitrogen and oxygen atoms in total. The molecule has 0 unspecified atom stereocenters. The van der Waals surface area contributed by atoms with Crippen LogP contribution in [0.15, 0.2) is 60.0 Å². The van der Waals surface area contributed by atoms with Gasteiger partial charge in [0.1, 0.15) is 37.0 Å². The third kappa shape index (κ3) is 5.19. The molecule has 4 aromatic rings. The topological polar surface area (TPSA) is 216 Å². The number of hydrogen-bond acceptors (Lipinski definition) is 13. The van der Waals surface area contributed by atoms with E-state index in [1.807, 2.05) is 0 Å². The average Bonchev–Trinajstić information content (AvgIpc) is 3.45. The number of rotatable bonds is 9. The Kier molecular flexibility index (Phi) is 7.29. The maximum atomic E-state index is 10.9. The van der Waals surface area contributed by atoms with Gasteiger partial charge < -0.3 is 30.5 Å². The van der Waals surface area contributed by atoms with Crippen LogP contribution >= 0.6 is 0 Å². The number of hydrogen-bond donors (Lipinski definition) is 5. The highest BCUT2D eigenvalue weighted by molar-refractivity contribution is 5.85. The van der Waals surface area contributed by atoms with E-state index in [1.54, 1.807) is 36.4 Å². The first-order valence-corrected chi connectivity index (χ1v) is 11.7. The van der Waals surface area contributed by atoms with Gasteiger partial charge in [-0.05, 0) is 29.8 Å². The molecule has 2 aromatic carbocycles. The van der Waals surface area contributed by atoms with E-state index in [9.17, 15) is 25.4 Å². The van der Waals surface area contributed by atoms with Gasteiger partial charge >= 0.3 is 0 Å². The number of aliphatic hydroxyl groups is 3. The van der Waals surface area contributed by atoms with Crippen molar-refractivity contribution in [2.24, 2.45) is 5.10 Å². The molecule has 15 heteroatoms. The third-order valence-corrected chi connectivity index (χ3v) is 6.11. The van der Waals surface area contributed by atoms with Crippen LogP contribution in [0.1, 0.15) is 17.4 Å². The van der Waals surface area contributed by atoms with Gasteiger partial charge in [-0.15, -0.1) is 0 Å². The summed E-state index contributed by atoms with van der Waals surface area (Å²) in [6.45, 7) is -0.328. The maximum Gasteiger partial charge on any atom is 0.269 e. The second kappa shape index (κ2) is 11.0. The zero-order valence-corrected chi connectivity index (χ0v) is 20.2. The molecule has 0 amide bonds. The van der Waals surface area contributed by atoms with E-state index in [0.29, 0.717) is 11.3 Å². The zero-order valence-electron chi connectivity index (χ0n) is 20.2. The molecule has 202 valence electrons. The van der Waals surface area contributed by atoms with Gasteiger partial charge in [0.25, 0.3) is 5.69 Å². The summed E-state index contributed by atoms with van der Waals surface area (Å²) < 4.78 is 12.9. The Morgan fingerprint density at radius 3 is 2.67 bits per heavy atom. The maximum absolute atomic E-state index is 10.9. The summed E-state index contributed by atoms with van der Waals surface area (Å²) in [4.78, 5) is 22.9. The Morgan fingerprint density at radius 1 is 1.18 bits per heavy atom. The molecule has 1 fully saturated rings. The van der Waals surface area contributed by atoms with Gasteiger partial charge in [0.15, 0.2) is 23.2 Å². The highest BCUT2D eigenvalue weighted by Gasteiger charge is 2.45. The number of para-hydroxylation sites is 1. The van der Waals surface area contributed by atoms with E-state index in [4.69, 9.17) is 15.2 Å². The number of non-ortho nitro benzene ring substituents is 1. The summed E-state index contributed by atoms with van der Waals surface area (Å²) >= 11 is 0. The van der Waals surface area contributed by atoms with E-state index in [0.717, 1.165) is 5.56 Å². The quantitative estimate of drug-likeness (QED) is 0.115. The van der Waals surface area contributed by atoms with Gasteiger partial charge in [-0.3, -0.25) is 14.7 Å². The lowest BCUT2D eigenvalue weighted by Gasteiger charge is -2.18. The number of nitrogens with one attached hydrogen (secondary N) is 1. The molecule has 6 N–H and O–H groups in total. The van der Waals surface area contributed by atoms with Gasteiger partial charge in [-0.1, -0.05) is 12.1 Å². The Labute approximate surface area is 220 Å². The summed E-state index contributed by atoms with van der Waals surface area (Å²) in [6.07, 6.45) is -2.19. The lowest BCUT2D eigenvalue weighted by atomic mass is 10.1. The van der Waals surface area contributed by atoms with Crippen LogP contribution in [0.4, 0.5) is 17.5 Å². The van der Waals surface area contributed by atoms with E-state index >= 15 is 0 Å². The molecular formula is C24H24N8O7. The minimum absolute atomic E-state index is 0.00645. The minimum Gasteiger partial charge on any atom is -0.488 e. The Bertz CT molecular complexity index is 1510. The smallest absolute Gasteiger partial charge is 0.269 e. The Hall–Kier alpha value is -4.70. The number of nitrogen functional groups attached to an aromatic ring is 1. The first kappa shape index (κ1) is 25.9. The molecule has 0 radical (unpaired) electrons. The van der Waals surface area contributed by atoms with E-state index < -0.39 is 36.1 Å². The number of nitrogens with two attached hydrogens (primary N) is 1. The number of hydrazone groups is 1. The number of aliphatic hydroxyl groups excluding tert-OH is 3. The van der Waals surface area contributed by atoms with Crippen LogP contribution < -0.4 is 15.9 Å². The van der Waals surface area contributed by atoms with Crippen molar-refractivity contribution in [2.75, 3.05) is 17.8 Å². The number of anilines is 2. The number of imidazole rings is 1. The number of nitro benzene ring substituents is 1. The van der Waals surface area contributed by atoms with Crippen molar-refractivity contribution >= 4 is 34.8 Å². The van der Waals surface area contributed by atoms with Crippen molar-refractivity contribution in [3.8, 4) is 5.75 Å². The van der Waals surface area contributed by atoms with Gasteiger partial charge in [0.05, 0.1) is 17.7 Å². The molecule has 2 aromatic heterocycles. The highest BCUT2D eigenvalue weighted by Crippen LogP contribution is 2.35. The van der Waals surface area contributed by atoms with Gasteiger partial charge in [0, 0.05) is 17.7 Å². The van der Waals surface area contributed by atoms with E-state index in [1.165, 1.54) is 29.2 Å². The minimum atomic E-state index is -1.39. The van der Waals surface area contributed by atoms with Crippen LogP contribution in [0.5, 0.6) is 5.75 Å². The Balaban J connectivity index is 1.37. The highest BCUT2D eigenvalue weighted by atomic mass is 16.6. The average molecular weight is 537 g/mol. The number of nitrogens with zero attached hydrogens (tertiary/aromatic N) is 6. The fraction of sp³-hybridized carbons (Fsp3) is 0.250. The molecule has 0 saturated carbocycles. The molecular weight excluding hydrogens is 512 g/mol. The largest absolute Gasteiger partial charge is 0.488 e. The summed E-state index contributed by atoms with van der Waals surface area (Å²) in [5, 5.41) is 45.4. The molecule has 5 rings (SSSR count). The van der Waals surface area contributed by atoms with Crippen molar-refractivity contribution in [1.82, 2.24) is 19.5 Å². The molecule has 0 spiro atoms. The van der Waals surface area contributed by atoms with Crippen LogP contribution in [-0.4, -0.2) is 70.9 Å². The van der Waals surface area contributed by atoms with Gasteiger partial charge in [-0.2, -0.15) is 5.10 Å². The zero-order chi connectivity index (χ0) is 27.5. The van der Waals surface area contributed by atoms with Crippen LogP contribution in [0.3, 0.4) is 0 Å². The summed E-state index contributed by atoms with van der Waals surface area (Å²) in [6, 6.07) is 13.2. The molecule has 1 aliphatic heterocycles. The molecule has 39 heavy (non-hydrogen) atoms. The number of nitro groups is 1. The van der Waals surface area contributed by atoms with Crippen molar-refractivity contribution in [3.63, 3.8) is 0 Å². The number of benzene rings is 2. The number of ether oxygens (including phenoxy) is 2. The standard InChI is InChI=1S/C24H24N8O7/c25-21-18-22(27-12-26-21)31(23-20(35)19(34)17(10-33)39-23)24(29-18)30-28-9-14-3-1-2-4-16(14)38-11-13-5-7-15(8-6-13)32(36)37/h1-9,12,17,19-20,23,33-35H,10-11H2,(H,29,30)(H2,25,26,27)/b28-9+/t17-,19-,20-,23-/m0/s1. The Morgan fingerprint density at radius 2 is 1.95 bits per heavy atom. The fourth-order valence-corrected chi connectivity index (χ4v) is 4.09. The van der Waals surface area contributed by atoms with Crippen LogP contribution in [0.25, 0.3) is 11.2 Å². The third-order valence-electron chi connectivity index (χ3n) is 6.11. The molecule has 1 aliphatic rings. The molecule has 1 saturated heterocycles. The van der Waals surface area contributed by atoms with Gasteiger partial charge in [0.2, 0.25) is 5.95 Å². The molecule has 3 heterocycles. The van der Waals surface area contributed by atoms with Crippen molar-refractivity contribution in [3.05, 3.63) is 76.1 Å². The van der Waals surface area contributed by atoms with Crippen molar-refractivity contribution in [2.45, 2.75) is 31.1 Å². The van der Waals surface area contributed by atoms with Crippen LogP contribution in [0, 0.1) is 10.1 Å². The van der Waals surface area contributed by atoms with E-state index in [2.05, 4.69) is 25.5 Å². The van der Waals surface area contributed by atoms with Crippen molar-refractivity contribution in [1.29, 1.82) is 0 Å². The predicted octanol–water partition coefficient (Wildman–Crippen LogP) is 0.953. The monoisotopic (exact) mass is 536 g/mol. The first-order chi connectivity index (χ1) is 18.9. The number of fused-ring (bicyclic) bond motifs is 1. The first-order valence-electron chi connectivity index (χ1n) is 11.7. The molecule has 4 atom stereocenters. The summed E-state index contributed by atoms with van der Waals surface area (Å²) in [7, 11) is 0. The lowest BCUT2D eigenvalue weighted by Crippen LogP contribution is -2.33. The normalized spacial score (nSPS) is 21.0. The summed E-state index contributed by atoms with van der Waals surface area (Å²) in [5.41, 5.74) is 10.5. The van der Waals surface area contributed by atoms with Crippen LogP contribution in [-0.2, 0) is 11.3 Å². The number of aromatic nitrogens is 4. The van der Waals surface area contributed by atoms with Crippen LogP contribution in [0.2, 0.25) is 0 Å². The van der Waals surface area contributed by atoms with Crippen molar-refractivity contribution < 1.29 is 29.7 Å². The predicted molar refractivity (Wildman–Crippen MR) is 138 cm³/mol. The second-order valence-corrected chi connectivity index (χ2v) is 8.59. The summed E-state index contributed by atoms with van der Waals surface area (Å²) in [5.74, 6) is 0.684.